The molecule has 1 saturated carbocycles. The molecule has 1 aliphatic carbocycles. The maximum absolute atomic E-state index is 12.4. The van der Waals surface area contributed by atoms with Crippen LogP contribution in [0.15, 0.2) is 0 Å². The van der Waals surface area contributed by atoms with E-state index in [4.69, 9.17) is 0 Å². The molecule has 2 aliphatic rings. The monoisotopic (exact) mass is 266 g/mol. The van der Waals surface area contributed by atoms with E-state index >= 15 is 0 Å². The number of carbonyl (C=O) groups excluding carboxylic acids is 1. The van der Waals surface area contributed by atoms with Crippen molar-refractivity contribution in [1.29, 1.82) is 0 Å². The molecule has 0 radical (unpaired) electrons. The zero-order valence-electron chi connectivity index (χ0n) is 12.4. The van der Waals surface area contributed by atoms with Crippen molar-refractivity contribution in [3.63, 3.8) is 0 Å². The van der Waals surface area contributed by atoms with Gasteiger partial charge in [-0.15, -0.1) is 0 Å². The third-order valence-electron chi connectivity index (χ3n) is 4.89. The van der Waals surface area contributed by atoms with Gasteiger partial charge in [-0.25, -0.2) is 0 Å². The lowest BCUT2D eigenvalue weighted by Crippen LogP contribution is -2.46. The van der Waals surface area contributed by atoms with E-state index < -0.39 is 0 Å². The molecule has 1 saturated heterocycles. The number of hydrogen-bond acceptors (Lipinski definition) is 2. The van der Waals surface area contributed by atoms with Crippen molar-refractivity contribution < 1.29 is 4.79 Å². The van der Waals surface area contributed by atoms with E-state index in [1.165, 1.54) is 44.9 Å². The van der Waals surface area contributed by atoms with Crippen LogP contribution in [0.5, 0.6) is 0 Å². The highest BCUT2D eigenvalue weighted by Crippen LogP contribution is 2.23. The van der Waals surface area contributed by atoms with Gasteiger partial charge in [0.05, 0.1) is 0 Å². The Morgan fingerprint density at radius 1 is 1.05 bits per heavy atom. The largest absolute Gasteiger partial charge is 0.353 e. The Hall–Kier alpha value is -0.570. The first-order valence-corrected chi connectivity index (χ1v) is 8.28. The smallest absolute Gasteiger partial charge is 0.223 e. The first-order valence-electron chi connectivity index (χ1n) is 8.28. The van der Waals surface area contributed by atoms with Crippen LogP contribution in [-0.4, -0.2) is 25.0 Å². The minimum absolute atomic E-state index is 0.277. The van der Waals surface area contributed by atoms with Gasteiger partial charge in [-0.1, -0.05) is 32.1 Å². The Kier molecular flexibility index (Phi) is 6.15. The summed E-state index contributed by atoms with van der Waals surface area (Å²) in [6.45, 7) is 4.38. The number of carbonyl (C=O) groups is 1. The van der Waals surface area contributed by atoms with E-state index in [9.17, 15) is 4.79 Å². The summed E-state index contributed by atoms with van der Waals surface area (Å²) in [4.78, 5) is 12.4. The molecule has 0 bridgehead atoms. The second-order valence-corrected chi connectivity index (χ2v) is 6.45. The van der Waals surface area contributed by atoms with Crippen LogP contribution in [0.1, 0.15) is 64.7 Å². The Labute approximate surface area is 117 Å². The second kappa shape index (κ2) is 7.88. The lowest BCUT2D eigenvalue weighted by Gasteiger charge is -2.30. The lowest BCUT2D eigenvalue weighted by atomic mass is 9.89. The van der Waals surface area contributed by atoms with Crippen molar-refractivity contribution in [1.82, 2.24) is 10.6 Å². The molecule has 1 aliphatic heterocycles. The fraction of sp³-hybridized carbons (Fsp3) is 0.938. The summed E-state index contributed by atoms with van der Waals surface area (Å²) in [5, 5.41) is 6.72. The lowest BCUT2D eigenvalue weighted by molar-refractivity contribution is -0.126. The van der Waals surface area contributed by atoms with Crippen LogP contribution in [0.25, 0.3) is 0 Å². The van der Waals surface area contributed by atoms with Crippen molar-refractivity contribution in [3.8, 4) is 0 Å². The minimum Gasteiger partial charge on any atom is -0.353 e. The molecule has 2 unspecified atom stereocenters. The van der Waals surface area contributed by atoms with Gasteiger partial charge < -0.3 is 10.6 Å². The van der Waals surface area contributed by atoms with Gasteiger partial charge in [-0.2, -0.15) is 0 Å². The standard InChI is InChI=1S/C16H30N2O/c1-13(15-10-7-11-17-12-15)18-16(19)14-8-5-3-2-4-6-9-14/h13-15,17H,2-12H2,1H3,(H,18,19). The van der Waals surface area contributed by atoms with Crippen LogP contribution < -0.4 is 10.6 Å². The number of amides is 1. The first-order chi connectivity index (χ1) is 9.27. The first kappa shape index (κ1) is 14.8. The van der Waals surface area contributed by atoms with Crippen molar-refractivity contribution in [3.05, 3.63) is 0 Å². The van der Waals surface area contributed by atoms with Crippen molar-refractivity contribution in [2.24, 2.45) is 11.8 Å². The van der Waals surface area contributed by atoms with Gasteiger partial charge in [0.25, 0.3) is 0 Å². The molecule has 3 heteroatoms. The molecule has 0 spiro atoms. The number of hydrogen-bond donors (Lipinski definition) is 2. The quantitative estimate of drug-likeness (QED) is 0.824. The summed E-state index contributed by atoms with van der Waals surface area (Å²) >= 11 is 0. The van der Waals surface area contributed by atoms with Gasteiger partial charge in [0.15, 0.2) is 0 Å². The summed E-state index contributed by atoms with van der Waals surface area (Å²) in [6.07, 6.45) is 11.1. The van der Waals surface area contributed by atoms with Gasteiger partial charge in [0.1, 0.15) is 0 Å². The van der Waals surface area contributed by atoms with Gasteiger partial charge in [-0.05, 0) is 51.6 Å². The topological polar surface area (TPSA) is 41.1 Å². The molecular weight excluding hydrogens is 236 g/mol. The third-order valence-corrected chi connectivity index (χ3v) is 4.89. The predicted molar refractivity (Wildman–Crippen MR) is 79.0 cm³/mol. The zero-order chi connectivity index (χ0) is 13.5. The van der Waals surface area contributed by atoms with Crippen LogP contribution in [0, 0.1) is 11.8 Å². The average Bonchev–Trinajstić information content (AvgIpc) is 2.39. The van der Waals surface area contributed by atoms with Crippen LogP contribution >= 0.6 is 0 Å². The van der Waals surface area contributed by atoms with E-state index in [0.29, 0.717) is 17.9 Å². The fourth-order valence-electron chi connectivity index (χ4n) is 3.48. The highest BCUT2D eigenvalue weighted by atomic mass is 16.1. The van der Waals surface area contributed by atoms with E-state index in [2.05, 4.69) is 17.6 Å². The number of nitrogens with one attached hydrogen (secondary N) is 2. The third kappa shape index (κ3) is 4.79. The van der Waals surface area contributed by atoms with E-state index in [1.807, 2.05) is 0 Å². The number of rotatable bonds is 3. The summed E-state index contributed by atoms with van der Waals surface area (Å²) in [7, 11) is 0. The van der Waals surface area contributed by atoms with Crippen molar-refractivity contribution in [2.75, 3.05) is 13.1 Å². The van der Waals surface area contributed by atoms with Crippen molar-refractivity contribution in [2.45, 2.75) is 70.8 Å². The normalized spacial score (nSPS) is 28.2. The molecule has 3 nitrogen and oxygen atoms in total. The molecule has 2 N–H and O–H groups in total. The summed E-state index contributed by atoms with van der Waals surface area (Å²) in [5.41, 5.74) is 0. The molecule has 1 amide bonds. The van der Waals surface area contributed by atoms with Crippen molar-refractivity contribution >= 4 is 5.91 Å². The van der Waals surface area contributed by atoms with E-state index in [0.717, 1.165) is 25.9 Å². The highest BCUT2D eigenvalue weighted by Gasteiger charge is 2.25. The van der Waals surface area contributed by atoms with E-state index in [1.54, 1.807) is 0 Å². The molecule has 2 atom stereocenters. The molecule has 110 valence electrons. The Morgan fingerprint density at radius 2 is 1.74 bits per heavy atom. The van der Waals surface area contributed by atoms with Gasteiger partial charge in [0.2, 0.25) is 5.91 Å². The average molecular weight is 266 g/mol. The Morgan fingerprint density at radius 3 is 2.37 bits per heavy atom. The van der Waals surface area contributed by atoms with E-state index in [-0.39, 0.29) is 5.92 Å². The van der Waals surface area contributed by atoms with Crippen LogP contribution in [0.4, 0.5) is 0 Å². The minimum atomic E-state index is 0.277. The number of piperidine rings is 1. The molecule has 0 aromatic heterocycles. The SMILES string of the molecule is CC(NC(=O)C1CCCCCCC1)C1CCCNC1. The Balaban J connectivity index is 1.77. The summed E-state index contributed by atoms with van der Waals surface area (Å²) < 4.78 is 0. The summed E-state index contributed by atoms with van der Waals surface area (Å²) in [5.74, 6) is 1.21. The maximum Gasteiger partial charge on any atom is 0.223 e. The van der Waals surface area contributed by atoms with Gasteiger partial charge in [-0.3, -0.25) is 4.79 Å². The van der Waals surface area contributed by atoms with Gasteiger partial charge in [0, 0.05) is 12.0 Å². The van der Waals surface area contributed by atoms with Crippen LogP contribution in [0.3, 0.4) is 0 Å². The molecular formula is C16H30N2O. The summed E-state index contributed by atoms with van der Waals surface area (Å²) in [6, 6.07) is 0.325. The fourth-order valence-corrected chi connectivity index (χ4v) is 3.48. The van der Waals surface area contributed by atoms with Crippen LogP contribution in [0.2, 0.25) is 0 Å². The molecule has 19 heavy (non-hydrogen) atoms. The highest BCUT2D eigenvalue weighted by molar-refractivity contribution is 5.78. The Bertz CT molecular complexity index is 266. The molecule has 0 aromatic rings. The molecule has 0 aromatic carbocycles. The van der Waals surface area contributed by atoms with Crippen LogP contribution in [-0.2, 0) is 4.79 Å². The molecule has 2 fully saturated rings. The molecule has 1 heterocycles. The maximum atomic E-state index is 12.4. The molecule has 2 rings (SSSR count). The zero-order valence-corrected chi connectivity index (χ0v) is 12.4. The predicted octanol–water partition coefficient (Wildman–Crippen LogP) is 2.85. The second-order valence-electron chi connectivity index (χ2n) is 6.45. The van der Waals surface area contributed by atoms with Gasteiger partial charge >= 0.3 is 0 Å².